The number of nitrogens with zero attached hydrogens (tertiary/aromatic N) is 2. The number of fused-ring (bicyclic) bond motifs is 1. The summed E-state index contributed by atoms with van der Waals surface area (Å²) in [5, 5.41) is 21.0. The molecule has 2 amide bonds. The Balaban J connectivity index is 2.62. The topological polar surface area (TPSA) is 103 Å². The van der Waals surface area contributed by atoms with E-state index in [0.717, 1.165) is 5.01 Å². The van der Waals surface area contributed by atoms with Crippen molar-refractivity contribution in [1.82, 2.24) is 10.4 Å². The highest BCUT2D eigenvalue weighted by Crippen LogP contribution is 2.42. The molecule has 0 aliphatic carbocycles. The largest absolute Gasteiger partial charge is 0.485 e. The van der Waals surface area contributed by atoms with Crippen LogP contribution in [0.25, 0.3) is 0 Å². The van der Waals surface area contributed by atoms with Gasteiger partial charge in [0.15, 0.2) is 0 Å². The maximum atomic E-state index is 12.4. The third-order valence-corrected chi connectivity index (χ3v) is 3.97. The Hall–Kier alpha value is -2.59. The number of aliphatic hydroxyl groups excluding tert-OH is 1. The van der Waals surface area contributed by atoms with Gasteiger partial charge in [0.05, 0.1) is 11.6 Å². The molecule has 2 unspecified atom stereocenters. The van der Waals surface area contributed by atoms with Crippen LogP contribution in [-0.2, 0) is 9.59 Å². The van der Waals surface area contributed by atoms with E-state index in [1.165, 1.54) is 6.92 Å². The summed E-state index contributed by atoms with van der Waals surface area (Å²) < 4.78 is 5.82. The number of carbonyl (C=O) groups is 2. The molecule has 0 radical (unpaired) electrons. The highest BCUT2D eigenvalue weighted by molar-refractivity contribution is 5.81. The number of hydrogen-bond donors (Lipinski definition) is 2. The van der Waals surface area contributed by atoms with Crippen LogP contribution >= 0.6 is 0 Å². The monoisotopic (exact) mass is 331 g/mol. The molecule has 1 aromatic rings. The third kappa shape index (κ3) is 3.19. The second-order valence-corrected chi connectivity index (χ2v) is 6.24. The van der Waals surface area contributed by atoms with Crippen LogP contribution in [0.15, 0.2) is 18.2 Å². The standard InChI is InChI=1S/C17H21N3O4/c1-5-14(22)20(19-10(2)21)15-12-8-11(9-18)6-7-13(12)24-17(3,4)16(15)23/h6-8,15-16,23H,5H2,1-4H3,(H,19,21). The molecule has 24 heavy (non-hydrogen) atoms. The zero-order chi connectivity index (χ0) is 18.1. The Kier molecular flexibility index (Phi) is 4.81. The second kappa shape index (κ2) is 6.49. The van der Waals surface area contributed by atoms with Crippen LogP contribution in [0, 0.1) is 11.3 Å². The molecule has 0 saturated carbocycles. The van der Waals surface area contributed by atoms with Crippen LogP contribution in [0.4, 0.5) is 0 Å². The van der Waals surface area contributed by atoms with Gasteiger partial charge in [-0.1, -0.05) is 6.92 Å². The lowest BCUT2D eigenvalue weighted by Gasteiger charge is -2.45. The van der Waals surface area contributed by atoms with Crippen molar-refractivity contribution < 1.29 is 19.4 Å². The van der Waals surface area contributed by atoms with Crippen LogP contribution in [0.2, 0.25) is 0 Å². The molecule has 0 fully saturated rings. The lowest BCUT2D eigenvalue weighted by Crippen LogP contribution is -2.58. The summed E-state index contributed by atoms with van der Waals surface area (Å²) in [4.78, 5) is 23.9. The van der Waals surface area contributed by atoms with Crippen molar-refractivity contribution in [3.05, 3.63) is 29.3 Å². The van der Waals surface area contributed by atoms with E-state index in [1.807, 2.05) is 6.07 Å². The van der Waals surface area contributed by atoms with Crippen molar-refractivity contribution in [1.29, 1.82) is 5.26 Å². The maximum Gasteiger partial charge on any atom is 0.241 e. The quantitative estimate of drug-likeness (QED) is 0.798. The smallest absolute Gasteiger partial charge is 0.241 e. The molecular formula is C17H21N3O4. The van der Waals surface area contributed by atoms with Gasteiger partial charge >= 0.3 is 0 Å². The summed E-state index contributed by atoms with van der Waals surface area (Å²) in [5.41, 5.74) is 2.38. The van der Waals surface area contributed by atoms with Gasteiger partial charge < -0.3 is 9.84 Å². The summed E-state index contributed by atoms with van der Waals surface area (Å²) >= 11 is 0. The summed E-state index contributed by atoms with van der Waals surface area (Å²) in [5.74, 6) is -0.305. The molecular weight excluding hydrogens is 310 g/mol. The number of hydrogen-bond acceptors (Lipinski definition) is 5. The van der Waals surface area contributed by atoms with E-state index in [-0.39, 0.29) is 12.3 Å². The lowest BCUT2D eigenvalue weighted by molar-refractivity contribution is -0.156. The van der Waals surface area contributed by atoms with E-state index in [2.05, 4.69) is 5.43 Å². The Morgan fingerprint density at radius 1 is 1.46 bits per heavy atom. The highest BCUT2D eigenvalue weighted by Gasteiger charge is 2.47. The van der Waals surface area contributed by atoms with Gasteiger partial charge in [-0.25, -0.2) is 5.01 Å². The molecule has 1 aliphatic rings. The number of nitriles is 1. The molecule has 7 heteroatoms. The number of benzene rings is 1. The number of rotatable bonds is 2. The molecule has 0 saturated heterocycles. The van der Waals surface area contributed by atoms with Crippen LogP contribution < -0.4 is 10.2 Å². The van der Waals surface area contributed by atoms with Crippen molar-refractivity contribution in [2.24, 2.45) is 0 Å². The fourth-order valence-corrected chi connectivity index (χ4v) is 2.74. The summed E-state index contributed by atoms with van der Waals surface area (Å²) in [7, 11) is 0. The zero-order valence-corrected chi connectivity index (χ0v) is 14.2. The molecule has 0 bridgehead atoms. The Labute approximate surface area is 140 Å². The molecule has 2 rings (SSSR count). The molecule has 1 aliphatic heterocycles. The SMILES string of the molecule is CCC(=O)N(NC(C)=O)C1c2cc(C#N)ccc2OC(C)(C)C1O. The fraction of sp³-hybridized carbons (Fsp3) is 0.471. The lowest BCUT2D eigenvalue weighted by atomic mass is 9.85. The van der Waals surface area contributed by atoms with Crippen LogP contribution in [0.3, 0.4) is 0 Å². The van der Waals surface area contributed by atoms with E-state index in [1.54, 1.807) is 39.0 Å². The van der Waals surface area contributed by atoms with Gasteiger partial charge in [-0.15, -0.1) is 0 Å². The van der Waals surface area contributed by atoms with E-state index in [4.69, 9.17) is 10.00 Å². The van der Waals surface area contributed by atoms with Gasteiger partial charge in [0.2, 0.25) is 11.8 Å². The minimum atomic E-state index is -1.10. The number of hydrazine groups is 1. The molecule has 2 N–H and O–H groups in total. The summed E-state index contributed by atoms with van der Waals surface area (Å²) in [6, 6.07) is 5.98. The van der Waals surface area contributed by atoms with E-state index < -0.39 is 23.7 Å². The minimum absolute atomic E-state index is 0.151. The molecule has 7 nitrogen and oxygen atoms in total. The predicted octanol–water partition coefficient (Wildman–Crippen LogP) is 1.42. The summed E-state index contributed by atoms with van der Waals surface area (Å²) in [6.07, 6.45) is -0.945. The van der Waals surface area contributed by atoms with Gasteiger partial charge in [0.25, 0.3) is 0 Å². The summed E-state index contributed by atoms with van der Waals surface area (Å²) in [6.45, 7) is 6.36. The predicted molar refractivity (Wildman–Crippen MR) is 85.6 cm³/mol. The number of aliphatic hydroxyl groups is 1. The molecule has 0 spiro atoms. The van der Waals surface area contributed by atoms with Crippen molar-refractivity contribution in [2.75, 3.05) is 0 Å². The first-order valence-electron chi connectivity index (χ1n) is 7.71. The second-order valence-electron chi connectivity index (χ2n) is 6.24. The van der Waals surface area contributed by atoms with Crippen LogP contribution in [0.1, 0.15) is 51.3 Å². The third-order valence-electron chi connectivity index (χ3n) is 3.97. The van der Waals surface area contributed by atoms with E-state index in [0.29, 0.717) is 16.9 Å². The molecule has 1 aromatic carbocycles. The van der Waals surface area contributed by atoms with Crippen LogP contribution in [-0.4, -0.2) is 33.6 Å². The number of amides is 2. The fourth-order valence-electron chi connectivity index (χ4n) is 2.74. The first-order valence-corrected chi connectivity index (χ1v) is 7.71. The number of nitrogens with one attached hydrogen (secondary N) is 1. The highest BCUT2D eigenvalue weighted by atomic mass is 16.5. The van der Waals surface area contributed by atoms with Crippen molar-refractivity contribution in [2.45, 2.75) is 51.9 Å². The minimum Gasteiger partial charge on any atom is -0.485 e. The van der Waals surface area contributed by atoms with Crippen molar-refractivity contribution >= 4 is 11.8 Å². The van der Waals surface area contributed by atoms with Gasteiger partial charge in [-0.3, -0.25) is 15.0 Å². The maximum absolute atomic E-state index is 12.4. The molecule has 128 valence electrons. The van der Waals surface area contributed by atoms with E-state index in [9.17, 15) is 14.7 Å². The van der Waals surface area contributed by atoms with Crippen molar-refractivity contribution in [3.63, 3.8) is 0 Å². The van der Waals surface area contributed by atoms with Gasteiger partial charge in [0.1, 0.15) is 23.5 Å². The normalized spacial score (nSPS) is 21.0. The molecule has 0 aromatic heterocycles. The average molecular weight is 331 g/mol. The Morgan fingerprint density at radius 3 is 2.67 bits per heavy atom. The van der Waals surface area contributed by atoms with Crippen LogP contribution in [0.5, 0.6) is 5.75 Å². The first-order chi connectivity index (χ1) is 11.2. The Morgan fingerprint density at radius 2 is 2.12 bits per heavy atom. The van der Waals surface area contributed by atoms with E-state index >= 15 is 0 Å². The molecule has 2 atom stereocenters. The van der Waals surface area contributed by atoms with Gasteiger partial charge in [-0.2, -0.15) is 5.26 Å². The van der Waals surface area contributed by atoms with Crippen molar-refractivity contribution in [3.8, 4) is 11.8 Å². The van der Waals surface area contributed by atoms with Gasteiger partial charge in [0, 0.05) is 18.9 Å². The zero-order valence-electron chi connectivity index (χ0n) is 14.2. The average Bonchev–Trinajstić information content (AvgIpc) is 2.53. The molecule has 1 heterocycles. The Bertz CT molecular complexity index is 708. The van der Waals surface area contributed by atoms with Gasteiger partial charge in [-0.05, 0) is 32.0 Å². The number of ether oxygens (including phenoxy) is 1. The number of carbonyl (C=O) groups excluding carboxylic acids is 2. The first kappa shape index (κ1) is 17.8.